The molecule has 0 unspecified atom stereocenters. The molecule has 0 bridgehead atoms. The molecular formula is C12H11NO3. The van der Waals surface area contributed by atoms with Crippen molar-refractivity contribution in [3.8, 4) is 0 Å². The Morgan fingerprint density at radius 3 is 2.31 bits per heavy atom. The molecule has 0 atom stereocenters. The molecule has 0 aliphatic carbocycles. The summed E-state index contributed by atoms with van der Waals surface area (Å²) in [6.45, 7) is 0.201. The van der Waals surface area contributed by atoms with E-state index in [2.05, 4.69) is 0 Å². The Hall–Kier alpha value is -1.94. The van der Waals surface area contributed by atoms with Crippen LogP contribution >= 0.6 is 0 Å². The number of nitrogens with zero attached hydrogens (tertiary/aromatic N) is 1. The van der Waals surface area contributed by atoms with Crippen LogP contribution in [0.15, 0.2) is 36.4 Å². The molecular weight excluding hydrogens is 206 g/mol. The van der Waals surface area contributed by atoms with Gasteiger partial charge >= 0.3 is 0 Å². The summed E-state index contributed by atoms with van der Waals surface area (Å²) in [6.07, 6.45) is 2.52. The number of aliphatic hydroxyl groups is 1. The molecule has 1 aromatic carbocycles. The molecule has 2 amide bonds. The van der Waals surface area contributed by atoms with E-state index < -0.39 is 0 Å². The van der Waals surface area contributed by atoms with Gasteiger partial charge in [0, 0.05) is 12.2 Å². The van der Waals surface area contributed by atoms with Gasteiger partial charge in [0.25, 0.3) is 11.8 Å². The van der Waals surface area contributed by atoms with Crippen LogP contribution in [-0.2, 0) is 22.7 Å². The fraction of sp³-hybridized carbons (Fsp3) is 0.167. The number of rotatable bonds is 3. The largest absolute Gasteiger partial charge is 0.392 e. The molecule has 2 rings (SSSR count). The van der Waals surface area contributed by atoms with Crippen molar-refractivity contribution >= 4 is 11.8 Å². The maximum absolute atomic E-state index is 11.3. The Morgan fingerprint density at radius 2 is 1.69 bits per heavy atom. The van der Waals surface area contributed by atoms with E-state index in [1.807, 2.05) is 6.07 Å². The molecule has 0 saturated heterocycles. The molecule has 0 saturated carbocycles. The van der Waals surface area contributed by atoms with Gasteiger partial charge in [0.05, 0.1) is 13.2 Å². The number of hydrogen-bond acceptors (Lipinski definition) is 3. The number of benzene rings is 1. The lowest BCUT2D eigenvalue weighted by atomic mass is 10.1. The minimum Gasteiger partial charge on any atom is -0.392 e. The van der Waals surface area contributed by atoms with Gasteiger partial charge < -0.3 is 5.11 Å². The lowest BCUT2D eigenvalue weighted by molar-refractivity contribution is -0.137. The third kappa shape index (κ3) is 2.01. The summed E-state index contributed by atoms with van der Waals surface area (Å²) < 4.78 is 0. The van der Waals surface area contributed by atoms with Gasteiger partial charge in [-0.15, -0.1) is 0 Å². The highest BCUT2D eigenvalue weighted by molar-refractivity contribution is 6.12. The molecule has 4 heteroatoms. The van der Waals surface area contributed by atoms with E-state index in [1.165, 1.54) is 12.2 Å². The molecule has 0 radical (unpaired) electrons. The highest BCUT2D eigenvalue weighted by Crippen LogP contribution is 2.12. The standard InChI is InChI=1S/C12H11NO3/c14-8-10-3-1-2-9(6-10)7-13-11(15)4-5-12(13)16/h1-6,14H,7-8H2. The van der Waals surface area contributed by atoms with E-state index in [-0.39, 0.29) is 25.0 Å². The van der Waals surface area contributed by atoms with Crippen LogP contribution < -0.4 is 0 Å². The zero-order valence-corrected chi connectivity index (χ0v) is 8.59. The first-order valence-corrected chi connectivity index (χ1v) is 4.93. The lowest BCUT2D eigenvalue weighted by Gasteiger charge is -2.13. The third-order valence-electron chi connectivity index (χ3n) is 2.42. The van der Waals surface area contributed by atoms with Gasteiger partial charge in [0.1, 0.15) is 0 Å². The minimum absolute atomic E-state index is 0.0476. The van der Waals surface area contributed by atoms with Gasteiger partial charge in [-0.1, -0.05) is 24.3 Å². The molecule has 1 N–H and O–H groups in total. The van der Waals surface area contributed by atoms with Crippen LogP contribution in [0.25, 0.3) is 0 Å². The van der Waals surface area contributed by atoms with E-state index in [1.54, 1.807) is 18.2 Å². The van der Waals surface area contributed by atoms with Crippen LogP contribution in [0.2, 0.25) is 0 Å². The highest BCUT2D eigenvalue weighted by Gasteiger charge is 2.23. The summed E-state index contributed by atoms with van der Waals surface area (Å²) in [6, 6.07) is 7.17. The first-order valence-electron chi connectivity index (χ1n) is 4.93. The number of hydrogen-bond donors (Lipinski definition) is 1. The maximum atomic E-state index is 11.3. The molecule has 0 spiro atoms. The average molecular weight is 217 g/mol. The Labute approximate surface area is 92.8 Å². The second-order valence-corrected chi connectivity index (χ2v) is 3.57. The first-order chi connectivity index (χ1) is 7.70. The fourth-order valence-electron chi connectivity index (χ4n) is 1.60. The van der Waals surface area contributed by atoms with Crippen LogP contribution in [0.1, 0.15) is 11.1 Å². The van der Waals surface area contributed by atoms with Crippen molar-refractivity contribution in [2.45, 2.75) is 13.2 Å². The summed E-state index contributed by atoms with van der Waals surface area (Å²) in [5, 5.41) is 8.97. The van der Waals surface area contributed by atoms with Gasteiger partial charge in [0.2, 0.25) is 0 Å². The summed E-state index contributed by atoms with van der Waals surface area (Å²) in [7, 11) is 0. The summed E-state index contributed by atoms with van der Waals surface area (Å²) in [5.41, 5.74) is 1.60. The first kappa shape index (κ1) is 10.6. The molecule has 16 heavy (non-hydrogen) atoms. The van der Waals surface area contributed by atoms with Crippen molar-refractivity contribution in [2.24, 2.45) is 0 Å². The number of carbonyl (C=O) groups is 2. The van der Waals surface area contributed by atoms with Gasteiger partial charge in [-0.2, -0.15) is 0 Å². The van der Waals surface area contributed by atoms with Crippen molar-refractivity contribution in [3.63, 3.8) is 0 Å². The van der Waals surface area contributed by atoms with Gasteiger partial charge in [0.15, 0.2) is 0 Å². The summed E-state index contributed by atoms with van der Waals surface area (Å²) in [4.78, 5) is 23.8. The highest BCUT2D eigenvalue weighted by atomic mass is 16.3. The Balaban J connectivity index is 2.15. The van der Waals surface area contributed by atoms with Crippen molar-refractivity contribution in [2.75, 3.05) is 0 Å². The van der Waals surface area contributed by atoms with E-state index >= 15 is 0 Å². The SMILES string of the molecule is O=C1C=CC(=O)N1Cc1cccc(CO)c1. The number of amides is 2. The monoisotopic (exact) mass is 217 g/mol. The van der Waals surface area contributed by atoms with Gasteiger partial charge in [-0.3, -0.25) is 14.5 Å². The van der Waals surface area contributed by atoms with Gasteiger partial charge in [-0.05, 0) is 11.1 Å². The molecule has 4 nitrogen and oxygen atoms in total. The second-order valence-electron chi connectivity index (χ2n) is 3.57. The summed E-state index contributed by atoms with van der Waals surface area (Å²) in [5.74, 6) is -0.584. The van der Waals surface area contributed by atoms with Crippen molar-refractivity contribution in [1.29, 1.82) is 0 Å². The van der Waals surface area contributed by atoms with Crippen LogP contribution in [0.5, 0.6) is 0 Å². The Kier molecular flexibility index (Phi) is 2.83. The molecule has 1 aliphatic heterocycles. The Bertz CT molecular complexity index is 447. The molecule has 0 fully saturated rings. The summed E-state index contributed by atoms with van der Waals surface area (Å²) >= 11 is 0. The van der Waals surface area contributed by atoms with Crippen LogP contribution in [-0.4, -0.2) is 21.8 Å². The smallest absolute Gasteiger partial charge is 0.253 e. The molecule has 1 heterocycles. The zero-order valence-electron chi connectivity index (χ0n) is 8.59. The Morgan fingerprint density at radius 1 is 1.06 bits per heavy atom. The van der Waals surface area contributed by atoms with Crippen LogP contribution in [0.3, 0.4) is 0 Å². The predicted molar refractivity (Wildman–Crippen MR) is 57.1 cm³/mol. The predicted octanol–water partition coefficient (Wildman–Crippen LogP) is 0.604. The average Bonchev–Trinajstić information content (AvgIpc) is 2.61. The van der Waals surface area contributed by atoms with Crippen LogP contribution in [0.4, 0.5) is 0 Å². The normalized spacial score (nSPS) is 14.9. The van der Waals surface area contributed by atoms with Crippen molar-refractivity contribution in [1.82, 2.24) is 4.90 Å². The maximum Gasteiger partial charge on any atom is 0.253 e. The zero-order chi connectivity index (χ0) is 11.5. The molecule has 1 aliphatic rings. The topological polar surface area (TPSA) is 57.6 Å². The third-order valence-corrected chi connectivity index (χ3v) is 2.42. The fourth-order valence-corrected chi connectivity index (χ4v) is 1.60. The molecule has 0 aromatic heterocycles. The minimum atomic E-state index is -0.292. The molecule has 82 valence electrons. The van der Waals surface area contributed by atoms with E-state index in [0.29, 0.717) is 0 Å². The van der Waals surface area contributed by atoms with Crippen molar-refractivity contribution < 1.29 is 14.7 Å². The number of imide groups is 1. The van der Waals surface area contributed by atoms with Gasteiger partial charge in [-0.25, -0.2) is 0 Å². The van der Waals surface area contributed by atoms with Crippen LogP contribution in [0, 0.1) is 0 Å². The van der Waals surface area contributed by atoms with Crippen molar-refractivity contribution in [3.05, 3.63) is 47.5 Å². The number of carbonyl (C=O) groups excluding carboxylic acids is 2. The second kappa shape index (κ2) is 4.28. The van der Waals surface area contributed by atoms with E-state index in [0.717, 1.165) is 16.0 Å². The van der Waals surface area contributed by atoms with E-state index in [4.69, 9.17) is 5.11 Å². The lowest BCUT2D eigenvalue weighted by Crippen LogP contribution is -2.29. The van der Waals surface area contributed by atoms with E-state index in [9.17, 15) is 9.59 Å². The number of aliphatic hydroxyl groups excluding tert-OH is 1. The molecule has 1 aromatic rings. The quantitative estimate of drug-likeness (QED) is 0.754.